The summed E-state index contributed by atoms with van der Waals surface area (Å²) in [6.07, 6.45) is 3.77. The molecule has 2 rings (SSSR count). The van der Waals surface area contributed by atoms with Crippen LogP contribution in [0.5, 0.6) is 5.75 Å². The molecule has 1 aromatic carbocycles. The van der Waals surface area contributed by atoms with Crippen LogP contribution in [0.25, 0.3) is 0 Å². The van der Waals surface area contributed by atoms with Gasteiger partial charge in [0.25, 0.3) is 0 Å². The summed E-state index contributed by atoms with van der Waals surface area (Å²) < 4.78 is 7.18. The summed E-state index contributed by atoms with van der Waals surface area (Å²) in [5, 5.41) is 0. The van der Waals surface area contributed by atoms with Gasteiger partial charge in [-0.15, -0.1) is 0 Å². The van der Waals surface area contributed by atoms with Crippen LogP contribution >= 0.6 is 22.6 Å². The molecule has 0 saturated carbocycles. The van der Waals surface area contributed by atoms with Gasteiger partial charge >= 0.3 is 0 Å². The Balaban J connectivity index is 2.12. The van der Waals surface area contributed by atoms with E-state index in [0.717, 1.165) is 24.2 Å². The van der Waals surface area contributed by atoms with E-state index >= 15 is 0 Å². The number of benzene rings is 1. The standard InChI is InChI=1S/C14H17IO2/c1-14(8-4-5-9-15)10-12(16)11-6-2-3-7-13(11)17-14/h2-3,6-7H,4-5,8-10H2,1H3. The zero-order valence-corrected chi connectivity index (χ0v) is 12.2. The van der Waals surface area contributed by atoms with E-state index in [4.69, 9.17) is 4.74 Å². The number of Topliss-reactive ketones (excluding diaryl/α,β-unsaturated/α-hetero) is 1. The summed E-state index contributed by atoms with van der Waals surface area (Å²) >= 11 is 2.38. The Kier molecular flexibility index (Phi) is 4.07. The number of para-hydroxylation sites is 1. The molecule has 3 heteroatoms. The average Bonchev–Trinajstić information content (AvgIpc) is 2.29. The fourth-order valence-corrected chi connectivity index (χ4v) is 2.79. The van der Waals surface area contributed by atoms with Crippen LogP contribution in [0.1, 0.15) is 43.0 Å². The fourth-order valence-electron chi connectivity index (χ4n) is 2.26. The van der Waals surface area contributed by atoms with Crippen LogP contribution in [-0.2, 0) is 0 Å². The lowest BCUT2D eigenvalue weighted by Gasteiger charge is -2.35. The molecule has 17 heavy (non-hydrogen) atoms. The van der Waals surface area contributed by atoms with E-state index < -0.39 is 0 Å². The molecule has 0 N–H and O–H groups in total. The second-order valence-corrected chi connectivity index (χ2v) is 5.87. The molecule has 2 nitrogen and oxygen atoms in total. The lowest BCUT2D eigenvalue weighted by molar-refractivity contribution is 0.0457. The highest BCUT2D eigenvalue weighted by molar-refractivity contribution is 14.1. The predicted molar refractivity (Wildman–Crippen MR) is 77.2 cm³/mol. The van der Waals surface area contributed by atoms with E-state index in [1.807, 2.05) is 31.2 Å². The lowest BCUT2D eigenvalue weighted by Crippen LogP contribution is -2.39. The summed E-state index contributed by atoms with van der Waals surface area (Å²) in [5.74, 6) is 0.963. The molecular weight excluding hydrogens is 327 g/mol. The predicted octanol–water partition coefficient (Wildman–Crippen LogP) is 4.02. The quantitative estimate of drug-likeness (QED) is 0.469. The minimum absolute atomic E-state index is 0.212. The molecule has 0 amide bonds. The van der Waals surface area contributed by atoms with Crippen LogP contribution in [0.2, 0.25) is 0 Å². The van der Waals surface area contributed by atoms with E-state index in [2.05, 4.69) is 22.6 Å². The second-order valence-electron chi connectivity index (χ2n) is 4.79. The van der Waals surface area contributed by atoms with Gasteiger partial charge in [0.2, 0.25) is 0 Å². The summed E-state index contributed by atoms with van der Waals surface area (Å²) in [7, 11) is 0. The third-order valence-corrected chi connectivity index (χ3v) is 3.93. The third-order valence-electron chi connectivity index (χ3n) is 3.17. The lowest BCUT2D eigenvalue weighted by atomic mass is 9.87. The van der Waals surface area contributed by atoms with Gasteiger partial charge in [0.15, 0.2) is 5.78 Å². The molecule has 0 aliphatic carbocycles. The summed E-state index contributed by atoms with van der Waals surface area (Å²) in [6, 6.07) is 7.55. The van der Waals surface area contributed by atoms with Crippen LogP contribution < -0.4 is 4.74 Å². The van der Waals surface area contributed by atoms with Crippen molar-refractivity contribution in [2.75, 3.05) is 4.43 Å². The minimum Gasteiger partial charge on any atom is -0.486 e. The smallest absolute Gasteiger partial charge is 0.170 e. The van der Waals surface area contributed by atoms with Crippen molar-refractivity contribution in [2.45, 2.75) is 38.2 Å². The third kappa shape index (κ3) is 3.00. The Morgan fingerprint density at radius 2 is 2.12 bits per heavy atom. The number of ether oxygens (including phenoxy) is 1. The number of alkyl halides is 1. The Morgan fingerprint density at radius 1 is 1.35 bits per heavy atom. The van der Waals surface area contributed by atoms with Gasteiger partial charge in [0.05, 0.1) is 12.0 Å². The average molecular weight is 344 g/mol. The first-order chi connectivity index (χ1) is 8.14. The molecule has 1 atom stereocenters. The molecule has 1 aromatic rings. The maximum absolute atomic E-state index is 12.1. The topological polar surface area (TPSA) is 26.3 Å². The Labute approximate surface area is 116 Å². The fraction of sp³-hybridized carbons (Fsp3) is 0.500. The van der Waals surface area contributed by atoms with E-state index in [1.165, 1.54) is 10.8 Å². The van der Waals surface area contributed by atoms with Crippen molar-refractivity contribution < 1.29 is 9.53 Å². The number of ketones is 1. The Hall–Kier alpha value is -0.580. The van der Waals surface area contributed by atoms with Crippen molar-refractivity contribution in [1.82, 2.24) is 0 Å². The van der Waals surface area contributed by atoms with Crippen LogP contribution in [0, 0.1) is 0 Å². The van der Waals surface area contributed by atoms with Crippen molar-refractivity contribution in [3.8, 4) is 5.75 Å². The highest BCUT2D eigenvalue weighted by Gasteiger charge is 2.35. The molecule has 0 fully saturated rings. The van der Waals surface area contributed by atoms with E-state index in [9.17, 15) is 4.79 Å². The van der Waals surface area contributed by atoms with Crippen LogP contribution in [0.15, 0.2) is 24.3 Å². The van der Waals surface area contributed by atoms with Crippen LogP contribution in [-0.4, -0.2) is 15.8 Å². The van der Waals surface area contributed by atoms with Gasteiger partial charge in [0.1, 0.15) is 11.4 Å². The molecule has 0 spiro atoms. The molecule has 0 aromatic heterocycles. The molecule has 1 aliphatic heterocycles. The van der Waals surface area contributed by atoms with Crippen molar-refractivity contribution in [3.05, 3.63) is 29.8 Å². The molecule has 0 radical (unpaired) electrons. The van der Waals surface area contributed by atoms with E-state index in [0.29, 0.717) is 6.42 Å². The highest BCUT2D eigenvalue weighted by atomic mass is 127. The summed E-state index contributed by atoms with van der Waals surface area (Å²) in [6.45, 7) is 2.05. The van der Waals surface area contributed by atoms with Gasteiger partial charge in [-0.1, -0.05) is 34.7 Å². The van der Waals surface area contributed by atoms with Gasteiger partial charge in [-0.05, 0) is 42.7 Å². The van der Waals surface area contributed by atoms with Crippen molar-refractivity contribution in [3.63, 3.8) is 0 Å². The molecule has 1 unspecified atom stereocenters. The number of carbonyl (C=O) groups is 1. The first kappa shape index (κ1) is 12.9. The first-order valence-corrected chi connectivity index (χ1v) is 7.54. The Morgan fingerprint density at radius 3 is 2.88 bits per heavy atom. The largest absolute Gasteiger partial charge is 0.486 e. The molecule has 92 valence electrons. The molecule has 0 bridgehead atoms. The van der Waals surface area contributed by atoms with Gasteiger partial charge in [-0.25, -0.2) is 0 Å². The van der Waals surface area contributed by atoms with Crippen molar-refractivity contribution >= 4 is 28.4 Å². The van der Waals surface area contributed by atoms with E-state index in [-0.39, 0.29) is 11.4 Å². The van der Waals surface area contributed by atoms with E-state index in [1.54, 1.807) is 0 Å². The number of rotatable bonds is 4. The van der Waals surface area contributed by atoms with Crippen molar-refractivity contribution in [2.24, 2.45) is 0 Å². The van der Waals surface area contributed by atoms with Crippen molar-refractivity contribution in [1.29, 1.82) is 0 Å². The molecule has 0 saturated heterocycles. The number of carbonyl (C=O) groups excluding carboxylic acids is 1. The number of hydrogen-bond acceptors (Lipinski definition) is 2. The zero-order valence-electron chi connectivity index (χ0n) is 10.0. The summed E-state index contributed by atoms with van der Waals surface area (Å²) in [5.41, 5.74) is 0.427. The number of hydrogen-bond donors (Lipinski definition) is 0. The van der Waals surface area contributed by atoms with Crippen LogP contribution in [0.3, 0.4) is 0 Å². The maximum atomic E-state index is 12.1. The zero-order chi connectivity index (χ0) is 12.3. The number of halogens is 1. The van der Waals surface area contributed by atoms with Gasteiger partial charge in [-0.3, -0.25) is 4.79 Å². The first-order valence-electron chi connectivity index (χ1n) is 6.02. The minimum atomic E-state index is -0.308. The highest BCUT2D eigenvalue weighted by Crippen LogP contribution is 2.35. The monoisotopic (exact) mass is 344 g/mol. The molecule has 1 heterocycles. The Bertz CT molecular complexity index is 416. The van der Waals surface area contributed by atoms with Gasteiger partial charge in [0, 0.05) is 0 Å². The number of unbranched alkanes of at least 4 members (excludes halogenated alkanes) is 1. The number of fused-ring (bicyclic) bond motifs is 1. The second kappa shape index (κ2) is 5.38. The van der Waals surface area contributed by atoms with Crippen LogP contribution in [0.4, 0.5) is 0 Å². The summed E-state index contributed by atoms with van der Waals surface area (Å²) in [4.78, 5) is 12.1. The molecule has 1 aliphatic rings. The molecular formula is C14H17IO2. The normalized spacial score (nSPS) is 23.1. The SMILES string of the molecule is CC1(CCCCI)CC(=O)c2ccccc2O1. The maximum Gasteiger partial charge on any atom is 0.170 e. The van der Waals surface area contributed by atoms with Gasteiger partial charge < -0.3 is 4.74 Å². The van der Waals surface area contributed by atoms with Gasteiger partial charge in [-0.2, -0.15) is 0 Å².